The van der Waals surface area contributed by atoms with Crippen LogP contribution in [0.2, 0.25) is 0 Å². The molecule has 3 atom stereocenters. The summed E-state index contributed by atoms with van der Waals surface area (Å²) < 4.78 is 40.1. The van der Waals surface area contributed by atoms with E-state index in [2.05, 4.69) is 5.32 Å². The topological polar surface area (TPSA) is 71.1 Å². The zero-order chi connectivity index (χ0) is 25.7. The van der Waals surface area contributed by atoms with E-state index in [4.69, 9.17) is 9.47 Å². The molecule has 2 aromatic carbocycles. The van der Waals surface area contributed by atoms with Gasteiger partial charge in [0, 0.05) is 64.1 Å². The normalized spacial score (nSPS) is 22.0. The predicted molar refractivity (Wildman–Crippen MR) is 129 cm³/mol. The number of rotatable bonds is 4. The van der Waals surface area contributed by atoms with Gasteiger partial charge in [-0.2, -0.15) is 0 Å². The van der Waals surface area contributed by atoms with Crippen LogP contribution in [0.25, 0.3) is 0 Å². The Labute approximate surface area is 205 Å². The highest BCUT2D eigenvalue weighted by Gasteiger charge is 2.29. The van der Waals surface area contributed by atoms with Gasteiger partial charge in [-0.15, -0.1) is 0 Å². The molecule has 0 fully saturated rings. The molecule has 1 N–H and O–H groups in total. The molecule has 1 aliphatic rings. The molecular formula is C26H33F2N3O4. The quantitative estimate of drug-likeness (QED) is 0.705. The Balaban J connectivity index is 1.97. The summed E-state index contributed by atoms with van der Waals surface area (Å²) in [5.41, 5.74) is 1.12. The summed E-state index contributed by atoms with van der Waals surface area (Å²) in [6, 6.07) is 8.13. The Morgan fingerprint density at radius 3 is 2.60 bits per heavy atom. The standard InChI is InChI=1S/C26H33F2N3O4/c1-16-12-31(13-19-10-20(27)6-9-23(19)28)17(2)15-35-24-11-21(29-18(3)32)7-8-22(24)26(33)30(4)14-25(16)34-5/h6-11,16-17,25H,12-15H2,1-5H3,(H,29,32)/t16-,17-,25-/m0/s1. The molecule has 0 saturated heterocycles. The van der Waals surface area contributed by atoms with Gasteiger partial charge in [0.05, 0.1) is 11.7 Å². The predicted octanol–water partition coefficient (Wildman–Crippen LogP) is 3.93. The highest BCUT2D eigenvalue weighted by atomic mass is 19.1. The zero-order valence-corrected chi connectivity index (χ0v) is 20.8. The highest BCUT2D eigenvalue weighted by Crippen LogP contribution is 2.27. The van der Waals surface area contributed by atoms with Crippen LogP contribution < -0.4 is 10.1 Å². The van der Waals surface area contributed by atoms with Gasteiger partial charge < -0.3 is 19.7 Å². The van der Waals surface area contributed by atoms with Crippen molar-refractivity contribution in [1.82, 2.24) is 9.80 Å². The molecule has 0 unspecified atom stereocenters. The van der Waals surface area contributed by atoms with Gasteiger partial charge in [0.1, 0.15) is 24.0 Å². The molecule has 7 nitrogen and oxygen atoms in total. The molecule has 0 aromatic heterocycles. The van der Waals surface area contributed by atoms with Crippen molar-refractivity contribution >= 4 is 17.5 Å². The zero-order valence-electron chi connectivity index (χ0n) is 20.8. The number of nitrogens with one attached hydrogen (secondary N) is 1. The molecule has 0 radical (unpaired) electrons. The summed E-state index contributed by atoms with van der Waals surface area (Å²) in [6.07, 6.45) is -0.279. The first-order chi connectivity index (χ1) is 16.6. The fourth-order valence-corrected chi connectivity index (χ4v) is 4.23. The van der Waals surface area contributed by atoms with E-state index in [1.165, 1.54) is 13.0 Å². The van der Waals surface area contributed by atoms with Crippen molar-refractivity contribution in [3.05, 3.63) is 59.2 Å². The van der Waals surface area contributed by atoms with E-state index >= 15 is 0 Å². The molecule has 0 aliphatic carbocycles. The van der Waals surface area contributed by atoms with E-state index in [1.807, 2.05) is 18.7 Å². The van der Waals surface area contributed by atoms with Crippen molar-refractivity contribution in [2.24, 2.45) is 5.92 Å². The second-order valence-electron chi connectivity index (χ2n) is 9.15. The molecular weight excluding hydrogens is 456 g/mol. The number of methoxy groups -OCH3 is 1. The summed E-state index contributed by atoms with van der Waals surface area (Å²) in [6.45, 7) is 6.56. The Hall–Kier alpha value is -3.04. The fraction of sp³-hybridized carbons (Fsp3) is 0.462. The van der Waals surface area contributed by atoms with E-state index in [1.54, 1.807) is 37.3 Å². The number of anilines is 1. The van der Waals surface area contributed by atoms with Crippen molar-refractivity contribution in [2.45, 2.75) is 39.5 Å². The maximum Gasteiger partial charge on any atom is 0.257 e. The first-order valence-electron chi connectivity index (χ1n) is 11.6. The van der Waals surface area contributed by atoms with Crippen molar-refractivity contribution in [3.8, 4) is 5.75 Å². The monoisotopic (exact) mass is 489 g/mol. The lowest BCUT2D eigenvalue weighted by molar-refractivity contribution is -0.114. The third-order valence-electron chi connectivity index (χ3n) is 6.28. The van der Waals surface area contributed by atoms with Gasteiger partial charge in [-0.1, -0.05) is 6.92 Å². The molecule has 1 aliphatic heterocycles. The molecule has 0 bridgehead atoms. The largest absolute Gasteiger partial charge is 0.491 e. The van der Waals surface area contributed by atoms with Crippen molar-refractivity contribution in [2.75, 3.05) is 39.2 Å². The van der Waals surface area contributed by atoms with Crippen molar-refractivity contribution in [3.63, 3.8) is 0 Å². The summed E-state index contributed by atoms with van der Waals surface area (Å²) in [5.74, 6) is -1.13. The average Bonchev–Trinajstić information content (AvgIpc) is 2.81. The van der Waals surface area contributed by atoms with Crippen LogP contribution in [0.4, 0.5) is 14.5 Å². The molecule has 1 heterocycles. The smallest absolute Gasteiger partial charge is 0.257 e. The number of ether oxygens (including phenoxy) is 2. The third kappa shape index (κ3) is 6.76. The van der Waals surface area contributed by atoms with Crippen LogP contribution in [0.15, 0.2) is 36.4 Å². The Morgan fingerprint density at radius 2 is 1.91 bits per heavy atom. The number of nitrogens with zero attached hydrogens (tertiary/aromatic N) is 2. The minimum absolute atomic E-state index is 0.0182. The van der Waals surface area contributed by atoms with E-state index in [9.17, 15) is 18.4 Å². The van der Waals surface area contributed by atoms with Gasteiger partial charge in [-0.05, 0) is 43.2 Å². The fourth-order valence-electron chi connectivity index (χ4n) is 4.23. The van der Waals surface area contributed by atoms with Crippen LogP contribution in [0, 0.1) is 17.6 Å². The second kappa shape index (κ2) is 11.6. The van der Waals surface area contributed by atoms with Crippen LogP contribution in [-0.2, 0) is 16.1 Å². The molecule has 0 spiro atoms. The number of fused-ring (bicyclic) bond motifs is 1. The van der Waals surface area contributed by atoms with Crippen LogP contribution in [0.3, 0.4) is 0 Å². The van der Waals surface area contributed by atoms with Gasteiger partial charge in [0.15, 0.2) is 0 Å². The third-order valence-corrected chi connectivity index (χ3v) is 6.28. The number of halogens is 2. The molecule has 2 amide bonds. The number of hydrogen-bond donors (Lipinski definition) is 1. The lowest BCUT2D eigenvalue weighted by atomic mass is 10.0. The lowest BCUT2D eigenvalue weighted by Crippen LogP contribution is -2.46. The van der Waals surface area contributed by atoms with Crippen LogP contribution in [0.1, 0.15) is 36.7 Å². The van der Waals surface area contributed by atoms with E-state index in [-0.39, 0.29) is 48.6 Å². The number of carbonyl (C=O) groups excluding carboxylic acids is 2. The Morgan fingerprint density at radius 1 is 1.17 bits per heavy atom. The van der Waals surface area contributed by atoms with Gasteiger partial charge >= 0.3 is 0 Å². The highest BCUT2D eigenvalue weighted by molar-refractivity contribution is 5.98. The number of likely N-dealkylation sites (N-methyl/N-ethyl adjacent to an activating group) is 1. The maximum atomic E-state index is 14.4. The summed E-state index contributed by atoms with van der Waals surface area (Å²) in [7, 11) is 3.29. The Kier molecular flexibility index (Phi) is 8.80. The first-order valence-corrected chi connectivity index (χ1v) is 11.6. The Bertz CT molecular complexity index is 1060. The van der Waals surface area contributed by atoms with Crippen molar-refractivity contribution in [1.29, 1.82) is 0 Å². The van der Waals surface area contributed by atoms with Crippen LogP contribution >= 0.6 is 0 Å². The molecule has 9 heteroatoms. The van der Waals surface area contributed by atoms with E-state index in [0.717, 1.165) is 12.1 Å². The average molecular weight is 490 g/mol. The van der Waals surface area contributed by atoms with E-state index < -0.39 is 11.6 Å². The number of hydrogen-bond acceptors (Lipinski definition) is 5. The summed E-state index contributed by atoms with van der Waals surface area (Å²) in [4.78, 5) is 28.3. The minimum Gasteiger partial charge on any atom is -0.491 e. The van der Waals surface area contributed by atoms with Gasteiger partial charge in [-0.3, -0.25) is 14.5 Å². The molecule has 2 aromatic rings. The SMILES string of the molecule is CO[C@H]1CN(C)C(=O)c2ccc(NC(C)=O)cc2OC[C@H](C)N(Cc2cc(F)ccc2F)C[C@@H]1C. The van der Waals surface area contributed by atoms with Gasteiger partial charge in [0.25, 0.3) is 5.91 Å². The van der Waals surface area contributed by atoms with Gasteiger partial charge in [-0.25, -0.2) is 8.78 Å². The number of carbonyl (C=O) groups is 2. The maximum absolute atomic E-state index is 14.4. The van der Waals surface area contributed by atoms with Crippen molar-refractivity contribution < 1.29 is 27.8 Å². The lowest BCUT2D eigenvalue weighted by Gasteiger charge is -2.36. The number of benzene rings is 2. The van der Waals surface area contributed by atoms with E-state index in [0.29, 0.717) is 30.1 Å². The molecule has 0 saturated carbocycles. The van der Waals surface area contributed by atoms with Crippen LogP contribution in [0.5, 0.6) is 5.75 Å². The summed E-state index contributed by atoms with van der Waals surface area (Å²) in [5, 5.41) is 2.70. The number of amides is 2. The minimum atomic E-state index is -0.498. The summed E-state index contributed by atoms with van der Waals surface area (Å²) >= 11 is 0. The molecule has 3 rings (SSSR count). The molecule has 190 valence electrons. The van der Waals surface area contributed by atoms with Gasteiger partial charge in [0.2, 0.25) is 5.91 Å². The first kappa shape index (κ1) is 26.6. The molecule has 35 heavy (non-hydrogen) atoms. The van der Waals surface area contributed by atoms with Crippen LogP contribution in [-0.4, -0.2) is 67.6 Å². The second-order valence-corrected chi connectivity index (χ2v) is 9.15.